The number of carbonyl (C=O) groups excluding carboxylic acids is 1. The van der Waals surface area contributed by atoms with Gasteiger partial charge in [0, 0.05) is 0 Å². The maximum atomic E-state index is 13.4. The number of aryl methyl sites for hydroxylation is 1. The molecule has 1 aliphatic rings. The zero-order valence-corrected chi connectivity index (χ0v) is 16.3. The number of carbonyl (C=O) groups is 1. The number of aromatic nitrogens is 3. The van der Waals surface area contributed by atoms with E-state index in [2.05, 4.69) is 20.9 Å². The highest BCUT2D eigenvalue weighted by atomic mass is 32.2. The number of para-hydroxylation sites is 1. The van der Waals surface area contributed by atoms with E-state index in [0.29, 0.717) is 16.5 Å². The second-order valence-electron chi connectivity index (χ2n) is 6.59. The Bertz CT molecular complexity index is 1080. The number of hydrogen-bond acceptors (Lipinski definition) is 5. The monoisotopic (exact) mass is 437 g/mol. The van der Waals surface area contributed by atoms with Gasteiger partial charge in [0.2, 0.25) is 11.1 Å². The van der Waals surface area contributed by atoms with Crippen LogP contribution in [-0.2, 0) is 11.0 Å². The van der Waals surface area contributed by atoms with E-state index in [9.17, 15) is 22.4 Å². The summed E-state index contributed by atoms with van der Waals surface area (Å²) in [4.78, 5) is 13.0. The number of thioether (sulfide) groups is 1. The molecule has 0 aliphatic carbocycles. The predicted octanol–water partition coefficient (Wildman–Crippen LogP) is 4.14. The van der Waals surface area contributed by atoms with Crippen LogP contribution < -0.4 is 10.7 Å². The normalized spacial score (nSPS) is 18.4. The van der Waals surface area contributed by atoms with Gasteiger partial charge in [0.25, 0.3) is 0 Å². The summed E-state index contributed by atoms with van der Waals surface area (Å²) in [5, 5.41) is 9.84. The number of benzene rings is 2. The Labute approximate surface area is 172 Å². The van der Waals surface area contributed by atoms with Gasteiger partial charge >= 0.3 is 6.18 Å². The van der Waals surface area contributed by atoms with Crippen LogP contribution in [0.25, 0.3) is 0 Å². The maximum Gasteiger partial charge on any atom is 0.418 e. The quantitative estimate of drug-likeness (QED) is 0.603. The van der Waals surface area contributed by atoms with Crippen molar-refractivity contribution in [3.8, 4) is 0 Å². The average Bonchev–Trinajstić information content (AvgIpc) is 3.07. The number of hydrogen-bond donors (Lipinski definition) is 2. The molecule has 6 nitrogen and oxygen atoms in total. The molecule has 1 amide bonds. The van der Waals surface area contributed by atoms with Crippen LogP contribution in [0.15, 0.2) is 53.7 Å². The van der Waals surface area contributed by atoms with Crippen molar-refractivity contribution in [3.63, 3.8) is 0 Å². The molecule has 2 heterocycles. The Balaban J connectivity index is 1.68. The zero-order chi connectivity index (χ0) is 21.5. The van der Waals surface area contributed by atoms with Gasteiger partial charge in [-0.25, -0.2) is 9.07 Å². The molecule has 156 valence electrons. The number of amides is 1. The largest absolute Gasteiger partial charge is 0.418 e. The third kappa shape index (κ3) is 3.84. The van der Waals surface area contributed by atoms with Crippen LogP contribution in [0.2, 0.25) is 0 Å². The number of nitrogens with one attached hydrogen (secondary N) is 2. The third-order valence-corrected chi connectivity index (χ3v) is 5.79. The van der Waals surface area contributed by atoms with Crippen LogP contribution in [0.5, 0.6) is 0 Å². The molecule has 3 aromatic rings. The van der Waals surface area contributed by atoms with E-state index in [4.69, 9.17) is 0 Å². The fourth-order valence-electron chi connectivity index (χ4n) is 3.12. The first-order valence-electron chi connectivity index (χ1n) is 8.82. The van der Waals surface area contributed by atoms with Crippen molar-refractivity contribution in [2.75, 3.05) is 10.7 Å². The lowest BCUT2D eigenvalue weighted by Crippen LogP contribution is -2.41. The van der Waals surface area contributed by atoms with Crippen molar-refractivity contribution in [2.24, 2.45) is 0 Å². The van der Waals surface area contributed by atoms with E-state index >= 15 is 0 Å². The van der Waals surface area contributed by atoms with Crippen LogP contribution in [0.4, 0.5) is 23.2 Å². The van der Waals surface area contributed by atoms with E-state index in [-0.39, 0.29) is 5.69 Å². The molecular formula is C19H15F4N5OS. The molecule has 0 radical (unpaired) electrons. The van der Waals surface area contributed by atoms with Crippen molar-refractivity contribution < 1.29 is 22.4 Å². The molecule has 2 N–H and O–H groups in total. The molecule has 4 rings (SSSR count). The molecule has 0 saturated heterocycles. The summed E-state index contributed by atoms with van der Waals surface area (Å²) in [5.74, 6) is -0.542. The van der Waals surface area contributed by atoms with Crippen LogP contribution in [0.1, 0.15) is 23.0 Å². The number of alkyl halides is 3. The highest BCUT2D eigenvalue weighted by Crippen LogP contribution is 2.39. The first kappa shape index (κ1) is 20.2. The van der Waals surface area contributed by atoms with Gasteiger partial charge in [0.15, 0.2) is 0 Å². The Kier molecular flexibility index (Phi) is 5.14. The zero-order valence-electron chi connectivity index (χ0n) is 15.4. The molecule has 0 saturated carbocycles. The highest BCUT2D eigenvalue weighted by Gasteiger charge is 2.39. The first-order valence-corrected chi connectivity index (χ1v) is 9.70. The number of anilines is 1. The Morgan fingerprint density at radius 2 is 1.83 bits per heavy atom. The molecule has 1 aliphatic heterocycles. The highest BCUT2D eigenvalue weighted by molar-refractivity contribution is 8.00. The van der Waals surface area contributed by atoms with Gasteiger partial charge < -0.3 is 10.7 Å². The summed E-state index contributed by atoms with van der Waals surface area (Å²) < 4.78 is 54.8. The number of rotatable bonds is 3. The van der Waals surface area contributed by atoms with Gasteiger partial charge in [-0.1, -0.05) is 36.0 Å². The predicted molar refractivity (Wildman–Crippen MR) is 103 cm³/mol. The van der Waals surface area contributed by atoms with Crippen molar-refractivity contribution in [3.05, 3.63) is 71.3 Å². The molecule has 11 heteroatoms. The molecule has 0 spiro atoms. The topological polar surface area (TPSA) is 71.8 Å². The van der Waals surface area contributed by atoms with Gasteiger partial charge in [0.05, 0.1) is 17.3 Å². The number of fused-ring (bicyclic) bond motifs is 1. The lowest BCUT2D eigenvalue weighted by Gasteiger charge is -2.33. The second kappa shape index (κ2) is 7.63. The van der Waals surface area contributed by atoms with Gasteiger partial charge in [-0.15, -0.1) is 10.2 Å². The molecule has 2 atom stereocenters. The molecule has 30 heavy (non-hydrogen) atoms. The molecule has 0 fully saturated rings. The smallest absolute Gasteiger partial charge is 0.324 e. The molecule has 1 aromatic heterocycles. The van der Waals surface area contributed by atoms with Gasteiger partial charge in [-0.2, -0.15) is 13.2 Å². The van der Waals surface area contributed by atoms with Crippen molar-refractivity contribution >= 4 is 23.4 Å². The van der Waals surface area contributed by atoms with Crippen LogP contribution in [-0.4, -0.2) is 26.0 Å². The minimum Gasteiger partial charge on any atom is -0.324 e. The number of nitrogens with zero attached hydrogens (tertiary/aromatic N) is 3. The SMILES string of the molecule is Cc1nnc2n1N[C@@H](c1ccc(F)cc1)[C@H](C(=O)Nc1ccccc1C(F)(F)F)S2. The summed E-state index contributed by atoms with van der Waals surface area (Å²) in [6.45, 7) is 1.71. The van der Waals surface area contributed by atoms with E-state index in [1.165, 1.54) is 42.5 Å². The van der Waals surface area contributed by atoms with Crippen molar-refractivity contribution in [1.82, 2.24) is 14.9 Å². The fraction of sp³-hybridized carbons (Fsp3) is 0.211. The lowest BCUT2D eigenvalue weighted by atomic mass is 10.0. The summed E-state index contributed by atoms with van der Waals surface area (Å²) >= 11 is 1.07. The van der Waals surface area contributed by atoms with Gasteiger partial charge in [-0.3, -0.25) is 4.79 Å². The molecular weight excluding hydrogens is 422 g/mol. The maximum absolute atomic E-state index is 13.4. The lowest BCUT2D eigenvalue weighted by molar-refractivity contribution is -0.137. The molecule has 0 bridgehead atoms. The molecule has 2 aromatic carbocycles. The van der Waals surface area contributed by atoms with Crippen molar-refractivity contribution in [2.45, 2.75) is 29.5 Å². The van der Waals surface area contributed by atoms with Crippen LogP contribution in [0.3, 0.4) is 0 Å². The van der Waals surface area contributed by atoms with Gasteiger partial charge in [0.1, 0.15) is 16.9 Å². The van der Waals surface area contributed by atoms with E-state index in [1.54, 1.807) is 11.6 Å². The summed E-state index contributed by atoms with van der Waals surface area (Å²) in [6.07, 6.45) is -4.62. The van der Waals surface area contributed by atoms with E-state index < -0.39 is 34.8 Å². The minimum atomic E-state index is -4.62. The summed E-state index contributed by atoms with van der Waals surface area (Å²) in [6, 6.07) is 9.64. The van der Waals surface area contributed by atoms with Crippen LogP contribution >= 0.6 is 11.8 Å². The minimum absolute atomic E-state index is 0.336. The Morgan fingerprint density at radius 3 is 2.53 bits per heavy atom. The third-order valence-electron chi connectivity index (χ3n) is 4.58. The van der Waals surface area contributed by atoms with Gasteiger partial charge in [-0.05, 0) is 36.8 Å². The number of halogens is 4. The fourth-order valence-corrected chi connectivity index (χ4v) is 4.25. The summed E-state index contributed by atoms with van der Waals surface area (Å²) in [5.41, 5.74) is 2.42. The molecule has 0 unspecified atom stereocenters. The average molecular weight is 437 g/mol. The van der Waals surface area contributed by atoms with Crippen molar-refractivity contribution in [1.29, 1.82) is 0 Å². The Morgan fingerprint density at radius 1 is 1.13 bits per heavy atom. The Hall–Kier alpha value is -3.08. The standard InChI is InChI=1S/C19H15F4N5OS/c1-10-25-26-18-28(10)27-15(11-6-8-12(20)9-7-11)16(30-18)17(29)24-14-5-3-2-4-13(14)19(21,22)23/h2-9,15-16,27H,1H3,(H,24,29)/t15-,16+/m0/s1. The summed E-state index contributed by atoms with van der Waals surface area (Å²) in [7, 11) is 0. The second-order valence-corrected chi connectivity index (χ2v) is 7.70. The van der Waals surface area contributed by atoms with E-state index in [0.717, 1.165) is 17.8 Å². The van der Waals surface area contributed by atoms with E-state index in [1.807, 2.05) is 0 Å². The first-order chi connectivity index (χ1) is 14.2. The van der Waals surface area contributed by atoms with Crippen LogP contribution in [0, 0.1) is 12.7 Å².